The van der Waals surface area contributed by atoms with E-state index in [4.69, 9.17) is 11.6 Å². The second kappa shape index (κ2) is 5.21. The maximum atomic E-state index is 10.7. The van der Waals surface area contributed by atoms with Gasteiger partial charge in [-0.3, -0.25) is 0 Å². The van der Waals surface area contributed by atoms with Crippen LogP contribution in [0.25, 0.3) is 10.8 Å². The molecule has 0 unspecified atom stereocenters. The predicted octanol–water partition coefficient (Wildman–Crippen LogP) is 5.39. The summed E-state index contributed by atoms with van der Waals surface area (Å²) in [6, 6.07) is 13.9. The van der Waals surface area contributed by atoms with E-state index >= 15 is 0 Å². The fourth-order valence-electron chi connectivity index (χ4n) is 2.64. The van der Waals surface area contributed by atoms with E-state index in [9.17, 15) is 5.11 Å². The topological polar surface area (TPSA) is 25.2 Å². The van der Waals surface area contributed by atoms with Gasteiger partial charge in [0.2, 0.25) is 5.88 Å². The monoisotopic (exact) mass is 411 g/mol. The van der Waals surface area contributed by atoms with E-state index in [1.54, 1.807) is 0 Å². The van der Waals surface area contributed by atoms with E-state index in [2.05, 4.69) is 48.6 Å². The molecule has 0 bridgehead atoms. The Balaban J connectivity index is 2.29. The minimum atomic E-state index is -0.364. The molecule has 21 heavy (non-hydrogen) atoms. The van der Waals surface area contributed by atoms with Crippen LogP contribution in [0.2, 0.25) is 5.02 Å². The van der Waals surface area contributed by atoms with Gasteiger partial charge in [-0.1, -0.05) is 41.9 Å². The average molecular weight is 412 g/mol. The van der Waals surface area contributed by atoms with Gasteiger partial charge in [0, 0.05) is 15.2 Å². The number of fused-ring (bicyclic) bond motifs is 1. The summed E-state index contributed by atoms with van der Waals surface area (Å²) in [6.45, 7) is 4.17. The Labute approximate surface area is 142 Å². The normalized spacial score (nSPS) is 12.0. The molecule has 1 aromatic heterocycles. The van der Waals surface area contributed by atoms with Crippen LogP contribution in [0.1, 0.15) is 19.4 Å². The Hall–Kier alpha value is -1.20. The second-order valence-corrected chi connectivity index (χ2v) is 7.14. The summed E-state index contributed by atoms with van der Waals surface area (Å²) >= 11 is 8.53. The van der Waals surface area contributed by atoms with Gasteiger partial charge in [0.25, 0.3) is 0 Å². The van der Waals surface area contributed by atoms with Crippen LogP contribution >= 0.6 is 34.2 Å². The molecule has 2 nitrogen and oxygen atoms in total. The molecule has 1 heterocycles. The molecule has 2 aromatic carbocycles. The van der Waals surface area contributed by atoms with Gasteiger partial charge in [0.1, 0.15) is 0 Å². The first-order valence-corrected chi connectivity index (χ1v) is 8.12. The van der Waals surface area contributed by atoms with Gasteiger partial charge in [-0.2, -0.15) is 0 Å². The molecule has 1 N–H and O–H groups in total. The van der Waals surface area contributed by atoms with Crippen molar-refractivity contribution in [1.82, 2.24) is 4.57 Å². The largest absolute Gasteiger partial charge is 0.494 e. The molecule has 4 heteroatoms. The standard InChI is InChI=1S/C17H15ClINO/c1-17(2,11-6-4-3-5-7-11)20-10-12-14(19)9-8-13(18)15(12)16(20)21/h3-10,21H,1-2H3. The van der Waals surface area contributed by atoms with Crippen molar-refractivity contribution in [3.8, 4) is 5.88 Å². The number of nitrogens with zero attached hydrogens (tertiary/aromatic N) is 1. The summed E-state index contributed by atoms with van der Waals surface area (Å²) in [5, 5.41) is 12.9. The van der Waals surface area contributed by atoms with Crippen LogP contribution in [0.15, 0.2) is 48.7 Å². The summed E-state index contributed by atoms with van der Waals surface area (Å²) in [6.07, 6.45) is 1.98. The van der Waals surface area contributed by atoms with Crippen molar-refractivity contribution < 1.29 is 5.11 Å². The zero-order chi connectivity index (χ0) is 15.2. The number of hydrogen-bond acceptors (Lipinski definition) is 1. The van der Waals surface area contributed by atoms with Crippen molar-refractivity contribution in [2.75, 3.05) is 0 Å². The molecule has 0 radical (unpaired) electrons. The van der Waals surface area contributed by atoms with Crippen molar-refractivity contribution in [2.24, 2.45) is 0 Å². The van der Waals surface area contributed by atoms with Crippen molar-refractivity contribution in [3.05, 3.63) is 62.8 Å². The van der Waals surface area contributed by atoms with Crippen LogP contribution in [-0.4, -0.2) is 9.67 Å². The van der Waals surface area contributed by atoms with E-state index in [1.165, 1.54) is 0 Å². The molecule has 0 amide bonds. The number of hydrogen-bond donors (Lipinski definition) is 1. The van der Waals surface area contributed by atoms with E-state index in [0.29, 0.717) is 10.4 Å². The summed E-state index contributed by atoms with van der Waals surface area (Å²) in [7, 11) is 0. The Morgan fingerprint density at radius 2 is 1.76 bits per heavy atom. The lowest BCUT2D eigenvalue weighted by Crippen LogP contribution is -2.26. The van der Waals surface area contributed by atoms with Gasteiger partial charge in [-0.05, 0) is 54.1 Å². The van der Waals surface area contributed by atoms with Gasteiger partial charge in [0.05, 0.1) is 15.9 Å². The molecular formula is C17H15ClINO. The Morgan fingerprint density at radius 3 is 2.38 bits per heavy atom. The maximum Gasteiger partial charge on any atom is 0.201 e. The van der Waals surface area contributed by atoms with Crippen LogP contribution in [-0.2, 0) is 5.54 Å². The highest BCUT2D eigenvalue weighted by molar-refractivity contribution is 14.1. The third kappa shape index (κ3) is 2.32. The minimum Gasteiger partial charge on any atom is -0.494 e. The van der Waals surface area contributed by atoms with Gasteiger partial charge in [-0.15, -0.1) is 0 Å². The zero-order valence-corrected chi connectivity index (χ0v) is 14.7. The van der Waals surface area contributed by atoms with Crippen molar-refractivity contribution >= 4 is 45.0 Å². The van der Waals surface area contributed by atoms with Gasteiger partial charge in [0.15, 0.2) is 0 Å². The third-order valence-electron chi connectivity index (χ3n) is 3.93. The molecule has 0 saturated carbocycles. The first kappa shape index (κ1) is 14.7. The SMILES string of the molecule is CC(C)(c1ccccc1)n1cc2c(I)ccc(Cl)c2c1O. The van der Waals surface area contributed by atoms with E-state index in [-0.39, 0.29) is 11.4 Å². The van der Waals surface area contributed by atoms with Crippen molar-refractivity contribution in [2.45, 2.75) is 19.4 Å². The van der Waals surface area contributed by atoms with Crippen LogP contribution in [0.4, 0.5) is 0 Å². The van der Waals surface area contributed by atoms with Gasteiger partial charge < -0.3 is 9.67 Å². The molecule has 0 aliphatic heterocycles. The number of halogens is 2. The second-order valence-electron chi connectivity index (χ2n) is 5.57. The minimum absolute atomic E-state index is 0.211. The summed E-state index contributed by atoms with van der Waals surface area (Å²) in [4.78, 5) is 0. The lowest BCUT2D eigenvalue weighted by Gasteiger charge is -2.28. The first-order valence-electron chi connectivity index (χ1n) is 6.67. The first-order chi connectivity index (χ1) is 9.93. The van der Waals surface area contributed by atoms with E-state index in [0.717, 1.165) is 14.5 Å². The third-order valence-corrected chi connectivity index (χ3v) is 5.19. The van der Waals surface area contributed by atoms with Crippen molar-refractivity contribution in [3.63, 3.8) is 0 Å². The maximum absolute atomic E-state index is 10.7. The molecule has 108 valence electrons. The van der Waals surface area contributed by atoms with Crippen LogP contribution in [0.5, 0.6) is 5.88 Å². The molecule has 3 aromatic rings. The quantitative estimate of drug-likeness (QED) is 0.562. The van der Waals surface area contributed by atoms with Gasteiger partial charge in [-0.25, -0.2) is 0 Å². The van der Waals surface area contributed by atoms with Crippen LogP contribution in [0, 0.1) is 3.57 Å². The predicted molar refractivity (Wildman–Crippen MR) is 96.2 cm³/mol. The summed E-state index contributed by atoms with van der Waals surface area (Å²) < 4.78 is 2.96. The van der Waals surface area contributed by atoms with Crippen molar-refractivity contribution in [1.29, 1.82) is 0 Å². The lowest BCUT2D eigenvalue weighted by atomic mass is 9.94. The highest BCUT2D eigenvalue weighted by Gasteiger charge is 2.27. The zero-order valence-electron chi connectivity index (χ0n) is 11.8. The fourth-order valence-corrected chi connectivity index (χ4v) is 3.48. The summed E-state index contributed by atoms with van der Waals surface area (Å²) in [5.41, 5.74) is 0.767. The van der Waals surface area contributed by atoms with E-state index < -0.39 is 0 Å². The van der Waals surface area contributed by atoms with Crippen LogP contribution < -0.4 is 0 Å². The van der Waals surface area contributed by atoms with Crippen LogP contribution in [0.3, 0.4) is 0 Å². The highest BCUT2D eigenvalue weighted by atomic mass is 127. The Morgan fingerprint density at radius 1 is 1.10 bits per heavy atom. The molecule has 3 rings (SSSR count). The molecule has 0 spiro atoms. The molecule has 0 atom stereocenters. The molecular weight excluding hydrogens is 397 g/mol. The highest BCUT2D eigenvalue weighted by Crippen LogP contribution is 2.40. The molecule has 0 aliphatic rings. The Bertz CT molecular complexity index is 809. The number of rotatable bonds is 2. The van der Waals surface area contributed by atoms with E-state index in [1.807, 2.05) is 41.1 Å². The summed E-state index contributed by atoms with van der Waals surface area (Å²) in [5.74, 6) is 0.211. The number of aromatic nitrogens is 1. The number of benzene rings is 2. The smallest absolute Gasteiger partial charge is 0.201 e. The lowest BCUT2D eigenvalue weighted by molar-refractivity contribution is 0.350. The Kier molecular flexibility index (Phi) is 3.66. The molecule has 0 saturated heterocycles. The number of aromatic hydroxyl groups is 1. The fraction of sp³-hybridized carbons (Fsp3) is 0.176. The molecule has 0 fully saturated rings. The average Bonchev–Trinajstić information content (AvgIpc) is 2.84. The van der Waals surface area contributed by atoms with Gasteiger partial charge >= 0.3 is 0 Å². The molecule has 0 aliphatic carbocycles.